The molecule has 0 aliphatic carbocycles. The molecule has 0 spiro atoms. The molecule has 0 saturated carbocycles. The van der Waals surface area contributed by atoms with Crippen LogP contribution in [0.5, 0.6) is 0 Å². The number of benzene rings is 1. The SMILES string of the molecule is CNC(=O)C(NC(=O)C(CC(C)C)CP(=O)(O)Cc1ccc(CC(C)C)cc1)C(C)(C)C. The standard InChI is InChI=1S/C25H43N2O4P/c1-17(2)13-19-9-11-20(12-10-19)15-32(30,31)16-21(14-18(3)4)23(28)27-22(24(29)26-8)25(5,6)7/h9-12,17-18,21-22H,13-16H2,1-8H3,(H,26,29)(H,27,28)(H,30,31). The summed E-state index contributed by atoms with van der Waals surface area (Å²) < 4.78 is 13.1. The number of carbonyl (C=O) groups is 2. The van der Waals surface area contributed by atoms with Gasteiger partial charge >= 0.3 is 0 Å². The molecule has 1 rings (SSSR count). The average molecular weight is 467 g/mol. The van der Waals surface area contributed by atoms with Crippen LogP contribution in [0.1, 0.15) is 66.0 Å². The Hall–Kier alpha value is -1.65. The van der Waals surface area contributed by atoms with Crippen molar-refractivity contribution in [2.24, 2.45) is 23.2 Å². The van der Waals surface area contributed by atoms with E-state index in [0.29, 0.717) is 12.3 Å². The summed E-state index contributed by atoms with van der Waals surface area (Å²) in [6, 6.07) is 7.09. The zero-order valence-electron chi connectivity index (χ0n) is 21.1. The fourth-order valence-corrected chi connectivity index (χ4v) is 5.77. The first kappa shape index (κ1) is 28.4. The van der Waals surface area contributed by atoms with E-state index in [1.54, 1.807) is 0 Å². The molecular formula is C25H43N2O4P. The van der Waals surface area contributed by atoms with Crippen molar-refractivity contribution in [2.75, 3.05) is 13.2 Å². The zero-order valence-corrected chi connectivity index (χ0v) is 22.0. The first-order valence-corrected chi connectivity index (χ1v) is 13.6. The van der Waals surface area contributed by atoms with Crippen LogP contribution in [0.2, 0.25) is 0 Å². The second kappa shape index (κ2) is 12.0. The summed E-state index contributed by atoms with van der Waals surface area (Å²) in [5.74, 6) is -0.534. The summed E-state index contributed by atoms with van der Waals surface area (Å²) >= 11 is 0. The fraction of sp³-hybridized carbons (Fsp3) is 0.680. The molecule has 3 N–H and O–H groups in total. The van der Waals surface area contributed by atoms with Gasteiger partial charge in [-0.1, -0.05) is 72.7 Å². The van der Waals surface area contributed by atoms with Crippen molar-refractivity contribution in [3.63, 3.8) is 0 Å². The molecule has 0 bridgehead atoms. The number of likely N-dealkylation sites (N-methyl/N-ethyl adjacent to an activating group) is 1. The molecule has 0 aromatic heterocycles. The van der Waals surface area contributed by atoms with Crippen molar-refractivity contribution in [3.05, 3.63) is 35.4 Å². The van der Waals surface area contributed by atoms with Crippen molar-refractivity contribution >= 4 is 19.2 Å². The zero-order chi connectivity index (χ0) is 24.7. The second-order valence-corrected chi connectivity index (χ2v) is 13.2. The minimum atomic E-state index is -3.60. The predicted octanol–water partition coefficient (Wildman–Crippen LogP) is 4.59. The lowest BCUT2D eigenvalue weighted by molar-refractivity contribution is -0.133. The summed E-state index contributed by atoms with van der Waals surface area (Å²) in [5, 5.41) is 5.44. The van der Waals surface area contributed by atoms with Gasteiger partial charge in [0.1, 0.15) is 6.04 Å². The topological polar surface area (TPSA) is 95.5 Å². The van der Waals surface area contributed by atoms with E-state index in [1.807, 2.05) is 58.9 Å². The Morgan fingerprint density at radius 3 is 1.94 bits per heavy atom. The maximum atomic E-state index is 13.1. The first-order valence-electron chi connectivity index (χ1n) is 11.5. The Kier molecular flexibility index (Phi) is 10.6. The van der Waals surface area contributed by atoms with Crippen LogP contribution in [0, 0.1) is 23.2 Å². The predicted molar refractivity (Wildman–Crippen MR) is 132 cm³/mol. The van der Waals surface area contributed by atoms with Gasteiger partial charge in [0, 0.05) is 25.3 Å². The highest BCUT2D eigenvalue weighted by molar-refractivity contribution is 7.57. The molecular weight excluding hydrogens is 423 g/mol. The molecule has 0 saturated heterocycles. The van der Waals surface area contributed by atoms with Crippen LogP contribution in [0.4, 0.5) is 0 Å². The van der Waals surface area contributed by atoms with Crippen molar-refractivity contribution < 1.29 is 19.0 Å². The van der Waals surface area contributed by atoms with Gasteiger partial charge in [-0.3, -0.25) is 14.2 Å². The van der Waals surface area contributed by atoms with Gasteiger partial charge in [-0.25, -0.2) is 0 Å². The molecule has 7 heteroatoms. The van der Waals surface area contributed by atoms with Crippen molar-refractivity contribution in [1.29, 1.82) is 0 Å². The van der Waals surface area contributed by atoms with E-state index in [0.717, 1.165) is 12.0 Å². The molecule has 0 aliphatic heterocycles. The van der Waals surface area contributed by atoms with E-state index in [9.17, 15) is 19.0 Å². The quantitative estimate of drug-likeness (QED) is 0.416. The van der Waals surface area contributed by atoms with Crippen LogP contribution < -0.4 is 10.6 Å². The van der Waals surface area contributed by atoms with Crippen LogP contribution in [-0.2, 0) is 26.7 Å². The van der Waals surface area contributed by atoms with Gasteiger partial charge in [0.05, 0.1) is 0 Å². The summed E-state index contributed by atoms with van der Waals surface area (Å²) in [5.41, 5.74) is 1.51. The third kappa shape index (κ3) is 9.87. The minimum absolute atomic E-state index is 0.0367. The summed E-state index contributed by atoms with van der Waals surface area (Å²) in [4.78, 5) is 36.2. The first-order chi connectivity index (χ1) is 14.6. The molecule has 0 heterocycles. The number of hydrogen-bond donors (Lipinski definition) is 3. The molecule has 2 amide bonds. The average Bonchev–Trinajstić information content (AvgIpc) is 2.64. The van der Waals surface area contributed by atoms with E-state index in [2.05, 4.69) is 24.5 Å². The van der Waals surface area contributed by atoms with Crippen molar-refractivity contribution in [3.8, 4) is 0 Å². The number of amides is 2. The normalized spacial score (nSPS) is 15.8. The van der Waals surface area contributed by atoms with E-state index in [4.69, 9.17) is 0 Å². The monoisotopic (exact) mass is 466 g/mol. The number of nitrogens with one attached hydrogen (secondary N) is 2. The largest absolute Gasteiger partial charge is 0.357 e. The van der Waals surface area contributed by atoms with Crippen LogP contribution in [0.25, 0.3) is 0 Å². The summed E-state index contributed by atoms with van der Waals surface area (Å²) in [6.07, 6.45) is 1.38. The van der Waals surface area contributed by atoms with Crippen molar-refractivity contribution in [2.45, 2.75) is 73.5 Å². The lowest BCUT2D eigenvalue weighted by Gasteiger charge is -2.32. The molecule has 182 valence electrons. The number of rotatable bonds is 11. The van der Waals surface area contributed by atoms with Gasteiger partial charge < -0.3 is 15.5 Å². The maximum absolute atomic E-state index is 13.1. The lowest BCUT2D eigenvalue weighted by atomic mass is 9.85. The second-order valence-electron chi connectivity index (χ2n) is 10.8. The summed E-state index contributed by atoms with van der Waals surface area (Å²) in [7, 11) is -2.06. The molecule has 3 unspecified atom stereocenters. The number of carbonyl (C=O) groups excluding carboxylic acids is 2. The van der Waals surface area contributed by atoms with Gasteiger partial charge in [-0.05, 0) is 41.2 Å². The molecule has 0 fully saturated rings. The Balaban J connectivity index is 2.97. The van der Waals surface area contributed by atoms with Gasteiger partial charge in [-0.2, -0.15) is 0 Å². The molecule has 3 atom stereocenters. The summed E-state index contributed by atoms with van der Waals surface area (Å²) in [6.45, 7) is 13.9. The molecule has 1 aromatic carbocycles. The third-order valence-corrected chi connectivity index (χ3v) is 7.26. The van der Waals surface area contributed by atoms with Crippen LogP contribution >= 0.6 is 7.37 Å². The van der Waals surface area contributed by atoms with Gasteiger partial charge in [-0.15, -0.1) is 0 Å². The number of hydrogen-bond acceptors (Lipinski definition) is 3. The Morgan fingerprint density at radius 1 is 0.969 bits per heavy atom. The molecule has 6 nitrogen and oxygen atoms in total. The highest BCUT2D eigenvalue weighted by Gasteiger charge is 2.36. The Morgan fingerprint density at radius 2 is 1.50 bits per heavy atom. The van der Waals surface area contributed by atoms with Crippen LogP contribution in [0.3, 0.4) is 0 Å². The van der Waals surface area contributed by atoms with Gasteiger partial charge in [0.2, 0.25) is 19.2 Å². The minimum Gasteiger partial charge on any atom is -0.357 e. The molecule has 0 aliphatic rings. The Bertz CT molecular complexity index is 797. The highest BCUT2D eigenvalue weighted by atomic mass is 31.2. The van der Waals surface area contributed by atoms with Crippen LogP contribution in [-0.4, -0.2) is 36.0 Å². The van der Waals surface area contributed by atoms with E-state index in [-0.39, 0.29) is 30.1 Å². The maximum Gasteiger partial charge on any atom is 0.242 e. The van der Waals surface area contributed by atoms with Gasteiger partial charge in [0.25, 0.3) is 0 Å². The molecule has 1 aromatic rings. The lowest BCUT2D eigenvalue weighted by Crippen LogP contribution is -2.54. The Labute approximate surface area is 194 Å². The fourth-order valence-electron chi connectivity index (χ4n) is 3.86. The van der Waals surface area contributed by atoms with Crippen molar-refractivity contribution in [1.82, 2.24) is 10.6 Å². The molecule has 32 heavy (non-hydrogen) atoms. The third-order valence-electron chi connectivity index (χ3n) is 5.39. The molecule has 0 radical (unpaired) electrons. The van der Waals surface area contributed by atoms with Gasteiger partial charge in [0.15, 0.2) is 0 Å². The smallest absolute Gasteiger partial charge is 0.242 e. The van der Waals surface area contributed by atoms with E-state index < -0.39 is 24.7 Å². The van der Waals surface area contributed by atoms with E-state index >= 15 is 0 Å². The van der Waals surface area contributed by atoms with Crippen LogP contribution in [0.15, 0.2) is 24.3 Å². The van der Waals surface area contributed by atoms with E-state index in [1.165, 1.54) is 12.6 Å². The highest BCUT2D eigenvalue weighted by Crippen LogP contribution is 2.47.